The highest BCUT2D eigenvalue weighted by Crippen LogP contribution is 2.47. The number of nitriles is 1. The first-order valence-corrected chi connectivity index (χ1v) is 11.3. The second-order valence-corrected chi connectivity index (χ2v) is 9.43. The van der Waals surface area contributed by atoms with Gasteiger partial charge >= 0.3 is 0 Å². The molecule has 0 radical (unpaired) electrons. The summed E-state index contributed by atoms with van der Waals surface area (Å²) in [5.41, 5.74) is 3.92. The van der Waals surface area contributed by atoms with Crippen LogP contribution in [-0.4, -0.2) is 38.3 Å². The SMILES string of the molecule is Cn1cnc2c1CC[C@H]2NC(=O)c1cnn(Cc2cc(F)c(N3CC4CC4C3)c(C#N)c2)c1. The van der Waals surface area contributed by atoms with Gasteiger partial charge in [0.1, 0.15) is 11.9 Å². The number of hydrogen-bond acceptors (Lipinski definition) is 5. The number of imidazole rings is 1. The van der Waals surface area contributed by atoms with Crippen LogP contribution in [0, 0.1) is 29.0 Å². The Kier molecular flexibility index (Phi) is 4.50. The Morgan fingerprint density at radius 1 is 1.33 bits per heavy atom. The molecule has 1 amide bonds. The van der Waals surface area contributed by atoms with Crippen molar-refractivity contribution in [3.05, 3.63) is 64.7 Å². The van der Waals surface area contributed by atoms with Gasteiger partial charge in [-0.2, -0.15) is 10.4 Å². The minimum absolute atomic E-state index is 0.103. The van der Waals surface area contributed by atoms with E-state index in [-0.39, 0.29) is 24.3 Å². The van der Waals surface area contributed by atoms with Crippen LogP contribution in [0.2, 0.25) is 0 Å². The van der Waals surface area contributed by atoms with E-state index in [1.165, 1.54) is 18.7 Å². The van der Waals surface area contributed by atoms with Crippen molar-refractivity contribution in [1.29, 1.82) is 5.26 Å². The molecule has 2 unspecified atom stereocenters. The topological polar surface area (TPSA) is 91.8 Å². The summed E-state index contributed by atoms with van der Waals surface area (Å²) in [7, 11) is 1.96. The number of halogens is 1. The summed E-state index contributed by atoms with van der Waals surface area (Å²) in [6, 6.07) is 5.26. The third-order valence-corrected chi connectivity index (χ3v) is 7.18. The maximum Gasteiger partial charge on any atom is 0.255 e. The van der Waals surface area contributed by atoms with Crippen LogP contribution in [0.25, 0.3) is 0 Å². The molecule has 1 N–H and O–H groups in total. The molecular formula is C24H24FN7O. The highest BCUT2D eigenvalue weighted by molar-refractivity contribution is 5.94. The van der Waals surface area contributed by atoms with Crippen LogP contribution >= 0.6 is 0 Å². The maximum absolute atomic E-state index is 15.0. The summed E-state index contributed by atoms with van der Waals surface area (Å²) < 4.78 is 18.6. The van der Waals surface area contributed by atoms with Crippen LogP contribution in [-0.2, 0) is 20.0 Å². The lowest BCUT2D eigenvalue weighted by Gasteiger charge is -2.22. The molecule has 3 aromatic rings. The van der Waals surface area contributed by atoms with Gasteiger partial charge in [0.05, 0.1) is 47.6 Å². The molecule has 2 aromatic heterocycles. The number of piperidine rings is 1. The first kappa shape index (κ1) is 20.0. The zero-order valence-electron chi connectivity index (χ0n) is 18.3. The number of aromatic nitrogens is 4. The Labute approximate surface area is 190 Å². The molecule has 168 valence electrons. The zero-order valence-corrected chi connectivity index (χ0v) is 18.3. The molecule has 2 fully saturated rings. The number of fused-ring (bicyclic) bond motifs is 2. The lowest BCUT2D eigenvalue weighted by molar-refractivity contribution is 0.0936. The van der Waals surface area contributed by atoms with Gasteiger partial charge in [-0.25, -0.2) is 9.37 Å². The van der Waals surface area contributed by atoms with Gasteiger partial charge in [0, 0.05) is 32.0 Å². The van der Waals surface area contributed by atoms with Crippen molar-refractivity contribution in [2.45, 2.75) is 31.8 Å². The Bertz CT molecular complexity index is 1290. The number of anilines is 1. The zero-order chi connectivity index (χ0) is 22.7. The minimum Gasteiger partial charge on any atom is -0.368 e. The van der Waals surface area contributed by atoms with Crippen molar-refractivity contribution >= 4 is 11.6 Å². The standard InChI is InChI=1S/C24H24FN7O/c1-30-13-27-22-20(2-3-21(22)30)29-24(33)18-8-28-32(12-18)9-14-4-15(7-26)23(19(25)5-14)31-10-16-6-17(16)11-31/h4-5,8,12-13,16-17,20H,2-3,6,9-11H2,1H3,(H,29,33)/t16?,17?,20-/m1/s1. The maximum atomic E-state index is 15.0. The quantitative estimate of drug-likeness (QED) is 0.652. The van der Waals surface area contributed by atoms with E-state index in [9.17, 15) is 14.4 Å². The predicted octanol–water partition coefficient (Wildman–Crippen LogP) is 2.55. The van der Waals surface area contributed by atoms with Crippen LogP contribution in [0.3, 0.4) is 0 Å². The van der Waals surface area contributed by atoms with Crippen LogP contribution in [0.4, 0.5) is 10.1 Å². The monoisotopic (exact) mass is 445 g/mol. The van der Waals surface area contributed by atoms with Crippen LogP contribution in [0.15, 0.2) is 30.9 Å². The summed E-state index contributed by atoms with van der Waals surface area (Å²) in [6.07, 6.45) is 7.86. The van der Waals surface area contributed by atoms with Gasteiger partial charge in [-0.15, -0.1) is 0 Å². The normalized spacial score (nSPS) is 22.7. The smallest absolute Gasteiger partial charge is 0.255 e. The fraction of sp³-hybridized carbons (Fsp3) is 0.417. The Morgan fingerprint density at radius 3 is 2.94 bits per heavy atom. The third-order valence-electron chi connectivity index (χ3n) is 7.18. The molecule has 1 saturated heterocycles. The summed E-state index contributed by atoms with van der Waals surface area (Å²) in [5.74, 6) is 0.718. The summed E-state index contributed by atoms with van der Waals surface area (Å²) in [6.45, 7) is 1.93. The highest BCUT2D eigenvalue weighted by atomic mass is 19.1. The third kappa shape index (κ3) is 3.46. The van der Waals surface area contributed by atoms with Gasteiger partial charge in [0.2, 0.25) is 0 Å². The Morgan fingerprint density at radius 2 is 2.15 bits per heavy atom. The molecule has 8 nitrogen and oxygen atoms in total. The van der Waals surface area contributed by atoms with E-state index in [1.54, 1.807) is 23.3 Å². The highest BCUT2D eigenvalue weighted by Gasteiger charge is 2.46. The number of carbonyl (C=O) groups excluding carboxylic acids is 1. The molecule has 9 heteroatoms. The Balaban J connectivity index is 1.16. The average Bonchev–Trinajstić information content (AvgIpc) is 3.26. The number of nitrogens with one attached hydrogen (secondary N) is 1. The van der Waals surface area contributed by atoms with Gasteiger partial charge in [-0.1, -0.05) is 0 Å². The first-order chi connectivity index (χ1) is 16.0. The summed E-state index contributed by atoms with van der Waals surface area (Å²) in [4.78, 5) is 19.2. The number of benzene rings is 1. The molecule has 3 aliphatic rings. The van der Waals surface area contributed by atoms with Crippen LogP contribution in [0.1, 0.15) is 51.8 Å². The average molecular weight is 446 g/mol. The van der Waals surface area contributed by atoms with Crippen molar-refractivity contribution in [2.24, 2.45) is 18.9 Å². The number of amides is 1. The van der Waals surface area contributed by atoms with Crippen molar-refractivity contribution in [1.82, 2.24) is 24.6 Å². The van der Waals surface area contributed by atoms with E-state index >= 15 is 0 Å². The molecule has 6 rings (SSSR count). The van der Waals surface area contributed by atoms with Crippen molar-refractivity contribution < 1.29 is 9.18 Å². The second-order valence-electron chi connectivity index (χ2n) is 9.43. The number of aryl methyl sites for hydroxylation is 1. The number of rotatable bonds is 5. The van der Waals surface area contributed by atoms with Crippen molar-refractivity contribution in [3.63, 3.8) is 0 Å². The lowest BCUT2D eigenvalue weighted by Crippen LogP contribution is -2.27. The molecule has 2 aliphatic carbocycles. The number of hydrogen-bond donors (Lipinski definition) is 1. The lowest BCUT2D eigenvalue weighted by atomic mass is 10.1. The Hall–Kier alpha value is -3.67. The van der Waals surface area contributed by atoms with Crippen molar-refractivity contribution in [2.75, 3.05) is 18.0 Å². The molecule has 3 heterocycles. The van der Waals surface area contributed by atoms with E-state index in [2.05, 4.69) is 21.5 Å². The van der Waals surface area contributed by atoms with E-state index in [0.717, 1.165) is 37.3 Å². The van der Waals surface area contributed by atoms with Crippen molar-refractivity contribution in [3.8, 4) is 6.07 Å². The fourth-order valence-corrected chi connectivity index (χ4v) is 5.36. The first-order valence-electron chi connectivity index (χ1n) is 11.3. The summed E-state index contributed by atoms with van der Waals surface area (Å²) >= 11 is 0. The number of nitrogens with zero attached hydrogens (tertiary/aromatic N) is 6. The van der Waals surface area contributed by atoms with E-state index in [4.69, 9.17) is 0 Å². The molecule has 1 saturated carbocycles. The minimum atomic E-state index is -0.372. The van der Waals surface area contributed by atoms with Crippen LogP contribution in [0.5, 0.6) is 0 Å². The van der Waals surface area contributed by atoms with E-state index < -0.39 is 0 Å². The van der Waals surface area contributed by atoms with Crippen LogP contribution < -0.4 is 10.2 Å². The number of carbonyl (C=O) groups is 1. The second kappa shape index (κ2) is 7.44. The fourth-order valence-electron chi connectivity index (χ4n) is 5.36. The molecule has 0 bridgehead atoms. The van der Waals surface area contributed by atoms with Gasteiger partial charge in [0.15, 0.2) is 0 Å². The molecule has 1 aliphatic heterocycles. The molecule has 0 spiro atoms. The van der Waals surface area contributed by atoms with Gasteiger partial charge < -0.3 is 14.8 Å². The van der Waals surface area contributed by atoms with Gasteiger partial charge in [0.25, 0.3) is 5.91 Å². The largest absolute Gasteiger partial charge is 0.368 e. The van der Waals surface area contributed by atoms with Gasteiger partial charge in [-0.3, -0.25) is 9.48 Å². The molecule has 33 heavy (non-hydrogen) atoms. The predicted molar refractivity (Wildman–Crippen MR) is 118 cm³/mol. The van der Waals surface area contributed by atoms with E-state index in [1.807, 2.05) is 16.5 Å². The molecule has 1 aromatic carbocycles. The van der Waals surface area contributed by atoms with E-state index in [0.29, 0.717) is 34.2 Å². The van der Waals surface area contributed by atoms with Gasteiger partial charge in [-0.05, 0) is 48.8 Å². The summed E-state index contributed by atoms with van der Waals surface area (Å²) in [5, 5.41) is 16.9. The molecular weight excluding hydrogens is 421 g/mol. The molecule has 3 atom stereocenters.